The second-order valence-electron chi connectivity index (χ2n) is 7.63. The Labute approximate surface area is 174 Å². The third kappa shape index (κ3) is 5.78. The Kier molecular flexibility index (Phi) is 8.62. The Hall–Kier alpha value is -2.43. The van der Waals surface area contributed by atoms with Gasteiger partial charge in [0.15, 0.2) is 0 Å². The molecule has 0 aliphatic rings. The average molecular weight is 396 g/mol. The molecule has 0 saturated carbocycles. The summed E-state index contributed by atoms with van der Waals surface area (Å²) in [5.74, 6) is -0.383. The molecule has 2 aromatic rings. The summed E-state index contributed by atoms with van der Waals surface area (Å²) < 4.78 is 4.96. The Morgan fingerprint density at radius 2 is 1.59 bits per heavy atom. The van der Waals surface area contributed by atoms with Gasteiger partial charge < -0.3 is 14.7 Å². The molecule has 2 atom stereocenters. The minimum atomic E-state index is -0.708. The lowest BCUT2D eigenvalue weighted by molar-refractivity contribution is -0.137. The van der Waals surface area contributed by atoms with Gasteiger partial charge in [-0.25, -0.2) is 4.79 Å². The normalized spacial score (nSPS) is 14.1. The van der Waals surface area contributed by atoms with E-state index >= 15 is 0 Å². The van der Waals surface area contributed by atoms with E-state index in [9.17, 15) is 9.90 Å². The highest BCUT2D eigenvalue weighted by molar-refractivity contribution is 5.81. The smallest absolute Gasteiger partial charge is 0.330 e. The van der Waals surface area contributed by atoms with Gasteiger partial charge >= 0.3 is 5.97 Å². The molecule has 2 aromatic carbocycles. The maximum absolute atomic E-state index is 11.7. The zero-order valence-corrected chi connectivity index (χ0v) is 17.9. The third-order valence-electron chi connectivity index (χ3n) is 5.55. The molecule has 0 spiro atoms. The number of rotatable bonds is 10. The van der Waals surface area contributed by atoms with Crippen LogP contribution >= 0.6 is 0 Å². The lowest BCUT2D eigenvalue weighted by atomic mass is 9.66. The number of nitrogens with zero attached hydrogens (tertiary/aromatic N) is 1. The molecular weight excluding hydrogens is 362 g/mol. The molecule has 4 heteroatoms. The van der Waals surface area contributed by atoms with Gasteiger partial charge in [0, 0.05) is 17.5 Å². The first-order chi connectivity index (χ1) is 13.9. The molecule has 29 heavy (non-hydrogen) atoms. The molecule has 0 bridgehead atoms. The molecule has 2 rings (SSSR count). The fourth-order valence-electron chi connectivity index (χ4n) is 3.73. The first-order valence-electron chi connectivity index (χ1n) is 10.2. The van der Waals surface area contributed by atoms with Crippen molar-refractivity contribution in [1.29, 1.82) is 0 Å². The second kappa shape index (κ2) is 10.9. The van der Waals surface area contributed by atoms with Crippen LogP contribution in [0.3, 0.4) is 0 Å². The highest BCUT2D eigenvalue weighted by Crippen LogP contribution is 2.42. The van der Waals surface area contributed by atoms with Crippen LogP contribution in [0.5, 0.6) is 0 Å². The van der Waals surface area contributed by atoms with Crippen LogP contribution in [0.15, 0.2) is 72.8 Å². The van der Waals surface area contributed by atoms with Crippen molar-refractivity contribution in [2.24, 2.45) is 0 Å². The monoisotopic (exact) mass is 395 g/mol. The summed E-state index contributed by atoms with van der Waals surface area (Å²) in [6, 6.07) is 20.6. The molecule has 0 heterocycles. The number of esters is 1. The van der Waals surface area contributed by atoms with Crippen molar-refractivity contribution >= 4 is 5.97 Å². The van der Waals surface area contributed by atoms with Crippen LogP contribution in [0.2, 0.25) is 0 Å². The predicted molar refractivity (Wildman–Crippen MR) is 118 cm³/mol. The molecule has 0 aromatic heterocycles. The summed E-state index contributed by atoms with van der Waals surface area (Å²) in [5.41, 5.74) is 1.53. The first kappa shape index (κ1) is 22.9. The van der Waals surface area contributed by atoms with Crippen molar-refractivity contribution < 1.29 is 14.6 Å². The average Bonchev–Trinajstić information content (AvgIpc) is 2.73. The van der Waals surface area contributed by atoms with Crippen LogP contribution in [0.1, 0.15) is 37.8 Å². The zero-order valence-electron chi connectivity index (χ0n) is 17.9. The van der Waals surface area contributed by atoms with E-state index in [2.05, 4.69) is 50.2 Å². The Balaban J connectivity index is 2.51. The van der Waals surface area contributed by atoms with Crippen LogP contribution in [0.25, 0.3) is 0 Å². The van der Waals surface area contributed by atoms with Gasteiger partial charge in [0.1, 0.15) is 0 Å². The van der Waals surface area contributed by atoms with Gasteiger partial charge in [0.05, 0.1) is 12.7 Å². The van der Waals surface area contributed by atoms with Crippen molar-refractivity contribution in [3.05, 3.63) is 83.9 Å². The van der Waals surface area contributed by atoms with Crippen molar-refractivity contribution in [2.75, 3.05) is 20.7 Å². The highest BCUT2D eigenvalue weighted by atomic mass is 16.5. The number of carbonyl (C=O) groups is 1. The van der Waals surface area contributed by atoms with E-state index in [0.717, 1.165) is 17.5 Å². The van der Waals surface area contributed by atoms with Crippen LogP contribution in [0, 0.1) is 0 Å². The molecule has 0 saturated heterocycles. The number of benzene rings is 2. The van der Waals surface area contributed by atoms with Crippen molar-refractivity contribution in [2.45, 2.75) is 44.2 Å². The maximum Gasteiger partial charge on any atom is 0.330 e. The number of hydrogen-bond donors (Lipinski definition) is 1. The molecule has 1 N–H and O–H groups in total. The third-order valence-corrected chi connectivity index (χ3v) is 5.55. The minimum absolute atomic E-state index is 0.235. The lowest BCUT2D eigenvalue weighted by Crippen LogP contribution is -2.45. The molecule has 2 unspecified atom stereocenters. The SMILES string of the molecule is CCOC(=O)/C=C/CC(O)C(CC(C)N(C)C)(c1ccccc1)c1ccccc1. The molecule has 0 aliphatic heterocycles. The first-order valence-corrected chi connectivity index (χ1v) is 10.2. The van der Waals surface area contributed by atoms with Crippen molar-refractivity contribution in [3.63, 3.8) is 0 Å². The quantitative estimate of drug-likeness (QED) is 0.484. The van der Waals surface area contributed by atoms with Gasteiger partial charge in [-0.3, -0.25) is 0 Å². The van der Waals surface area contributed by atoms with Crippen molar-refractivity contribution in [3.8, 4) is 0 Å². The Bertz CT molecular complexity index is 732. The van der Waals surface area contributed by atoms with Crippen molar-refractivity contribution in [1.82, 2.24) is 4.90 Å². The summed E-state index contributed by atoms with van der Waals surface area (Å²) >= 11 is 0. The van der Waals surface area contributed by atoms with Gasteiger partial charge in [0.25, 0.3) is 0 Å². The van der Waals surface area contributed by atoms with E-state index < -0.39 is 11.5 Å². The molecule has 0 fully saturated rings. The van der Waals surface area contributed by atoms with Crippen LogP contribution < -0.4 is 0 Å². The van der Waals surface area contributed by atoms with Crippen LogP contribution in [-0.4, -0.2) is 48.8 Å². The molecule has 0 radical (unpaired) electrons. The lowest BCUT2D eigenvalue weighted by Gasteiger charge is -2.42. The Morgan fingerprint density at radius 1 is 1.07 bits per heavy atom. The number of carbonyl (C=O) groups excluding carboxylic acids is 1. The van der Waals surface area contributed by atoms with Gasteiger partial charge in [-0.2, -0.15) is 0 Å². The topological polar surface area (TPSA) is 49.8 Å². The van der Waals surface area contributed by atoms with Gasteiger partial charge in [-0.15, -0.1) is 0 Å². The standard InChI is InChI=1S/C25H33NO3/c1-5-29-24(28)18-12-17-23(27)25(19-20(2)26(3)4,21-13-8-6-9-14-21)22-15-10-7-11-16-22/h6-16,18,20,23,27H,5,17,19H2,1-4H3/b18-12+. The minimum Gasteiger partial charge on any atom is -0.463 e. The molecule has 0 aliphatic carbocycles. The fourth-order valence-corrected chi connectivity index (χ4v) is 3.73. The highest BCUT2D eigenvalue weighted by Gasteiger charge is 2.42. The molecular formula is C25H33NO3. The Morgan fingerprint density at radius 3 is 2.03 bits per heavy atom. The number of aliphatic hydroxyl groups is 1. The van der Waals surface area contributed by atoms with Crippen LogP contribution in [-0.2, 0) is 14.9 Å². The summed E-state index contributed by atoms with van der Waals surface area (Å²) in [4.78, 5) is 13.9. The predicted octanol–water partition coefficient (Wildman–Crippen LogP) is 4.18. The van der Waals surface area contributed by atoms with E-state index in [1.165, 1.54) is 6.08 Å². The number of aliphatic hydroxyl groups excluding tert-OH is 1. The molecule has 4 nitrogen and oxygen atoms in total. The number of hydrogen-bond acceptors (Lipinski definition) is 4. The maximum atomic E-state index is 11.7. The number of ether oxygens (including phenoxy) is 1. The van der Waals surface area contributed by atoms with E-state index in [1.807, 2.05) is 36.4 Å². The van der Waals surface area contributed by atoms with E-state index in [1.54, 1.807) is 13.0 Å². The van der Waals surface area contributed by atoms with Gasteiger partial charge in [0.2, 0.25) is 0 Å². The molecule has 0 amide bonds. The summed E-state index contributed by atoms with van der Waals surface area (Å²) in [7, 11) is 4.11. The van der Waals surface area contributed by atoms with Crippen LogP contribution in [0.4, 0.5) is 0 Å². The summed E-state index contributed by atoms with van der Waals surface area (Å²) in [6.07, 6.45) is 3.50. The van der Waals surface area contributed by atoms with E-state index in [4.69, 9.17) is 4.74 Å². The zero-order chi connectivity index (χ0) is 21.3. The van der Waals surface area contributed by atoms with E-state index in [-0.39, 0.29) is 12.0 Å². The van der Waals surface area contributed by atoms with Gasteiger partial charge in [-0.05, 0) is 51.9 Å². The van der Waals surface area contributed by atoms with Gasteiger partial charge in [-0.1, -0.05) is 66.7 Å². The summed E-state index contributed by atoms with van der Waals surface area (Å²) in [5, 5.41) is 11.5. The summed E-state index contributed by atoms with van der Waals surface area (Å²) in [6.45, 7) is 4.28. The largest absolute Gasteiger partial charge is 0.463 e. The second-order valence-corrected chi connectivity index (χ2v) is 7.63. The van der Waals surface area contributed by atoms with E-state index in [0.29, 0.717) is 13.0 Å². The molecule has 156 valence electrons. The fraction of sp³-hybridized carbons (Fsp3) is 0.400.